The third-order valence-electron chi connectivity index (χ3n) is 4.89. The molecule has 1 saturated heterocycles. The highest BCUT2D eigenvalue weighted by Gasteiger charge is 2.24. The Labute approximate surface area is 155 Å². The molecule has 4 heteroatoms. The maximum absolute atomic E-state index is 12.9. The number of rotatable bonds is 6. The summed E-state index contributed by atoms with van der Waals surface area (Å²) in [6.07, 6.45) is 3.37. The predicted molar refractivity (Wildman–Crippen MR) is 102 cm³/mol. The molecule has 0 N–H and O–H groups in total. The number of halogens is 2. The molecule has 2 aromatic rings. The standard InChI is InChI=1S/C21H24FNO.ClH/c22-20-8-6-18(7-9-20)16-21(24)19-11-14-23(15-12-19)13-10-17-4-2-1-3-5-17;/h1-9,19H,10-16H2;1H. The Kier molecular flexibility index (Phi) is 7.60. The fourth-order valence-corrected chi connectivity index (χ4v) is 3.36. The van der Waals surface area contributed by atoms with E-state index in [0.29, 0.717) is 12.2 Å². The Hall–Kier alpha value is -1.71. The Morgan fingerprint density at radius 1 is 0.960 bits per heavy atom. The van der Waals surface area contributed by atoms with Crippen LogP contribution in [0.1, 0.15) is 24.0 Å². The van der Waals surface area contributed by atoms with Crippen LogP contribution in [0.3, 0.4) is 0 Å². The second-order valence-corrected chi connectivity index (χ2v) is 6.62. The second-order valence-electron chi connectivity index (χ2n) is 6.62. The average Bonchev–Trinajstić information content (AvgIpc) is 2.63. The lowest BCUT2D eigenvalue weighted by atomic mass is 9.89. The normalized spacial score (nSPS) is 15.6. The number of likely N-dealkylation sites (tertiary alicyclic amines) is 1. The molecule has 0 atom stereocenters. The zero-order valence-electron chi connectivity index (χ0n) is 14.4. The van der Waals surface area contributed by atoms with Gasteiger partial charge in [0.2, 0.25) is 0 Å². The van der Waals surface area contributed by atoms with E-state index < -0.39 is 0 Å². The minimum absolute atomic E-state index is 0. The summed E-state index contributed by atoms with van der Waals surface area (Å²) in [6.45, 7) is 3.04. The van der Waals surface area contributed by atoms with E-state index in [4.69, 9.17) is 0 Å². The van der Waals surface area contributed by atoms with Gasteiger partial charge in [-0.2, -0.15) is 0 Å². The van der Waals surface area contributed by atoms with E-state index >= 15 is 0 Å². The number of carbonyl (C=O) groups excluding carboxylic acids is 1. The molecule has 0 radical (unpaired) electrons. The van der Waals surface area contributed by atoms with Gasteiger partial charge in [-0.15, -0.1) is 12.4 Å². The van der Waals surface area contributed by atoms with Gasteiger partial charge in [0, 0.05) is 18.9 Å². The lowest BCUT2D eigenvalue weighted by molar-refractivity contribution is -0.123. The largest absolute Gasteiger partial charge is 0.303 e. The van der Waals surface area contributed by atoms with Crippen molar-refractivity contribution in [2.24, 2.45) is 5.92 Å². The monoisotopic (exact) mass is 361 g/mol. The molecule has 1 heterocycles. The van der Waals surface area contributed by atoms with Crippen molar-refractivity contribution >= 4 is 18.2 Å². The Morgan fingerprint density at radius 3 is 2.24 bits per heavy atom. The number of piperidine rings is 1. The molecule has 0 saturated carbocycles. The van der Waals surface area contributed by atoms with Crippen molar-refractivity contribution in [3.8, 4) is 0 Å². The summed E-state index contributed by atoms with van der Waals surface area (Å²) in [4.78, 5) is 14.9. The number of ketones is 1. The summed E-state index contributed by atoms with van der Waals surface area (Å²) in [5.74, 6) is 0.199. The van der Waals surface area contributed by atoms with Crippen LogP contribution in [-0.4, -0.2) is 30.3 Å². The molecule has 3 rings (SSSR count). The van der Waals surface area contributed by atoms with Gasteiger partial charge in [-0.1, -0.05) is 42.5 Å². The zero-order chi connectivity index (χ0) is 16.8. The van der Waals surface area contributed by atoms with Gasteiger partial charge in [-0.05, 0) is 55.6 Å². The molecule has 2 nitrogen and oxygen atoms in total. The van der Waals surface area contributed by atoms with Gasteiger partial charge in [0.1, 0.15) is 11.6 Å². The van der Waals surface area contributed by atoms with Crippen molar-refractivity contribution in [3.05, 3.63) is 71.5 Å². The summed E-state index contributed by atoms with van der Waals surface area (Å²) < 4.78 is 12.9. The van der Waals surface area contributed by atoms with Crippen LogP contribution in [-0.2, 0) is 17.6 Å². The SMILES string of the molecule is Cl.O=C(Cc1ccc(F)cc1)C1CCN(CCc2ccccc2)CC1. The highest BCUT2D eigenvalue weighted by Crippen LogP contribution is 2.20. The van der Waals surface area contributed by atoms with E-state index in [1.54, 1.807) is 12.1 Å². The summed E-state index contributed by atoms with van der Waals surface area (Å²) >= 11 is 0. The highest BCUT2D eigenvalue weighted by atomic mass is 35.5. The van der Waals surface area contributed by atoms with E-state index in [2.05, 4.69) is 29.2 Å². The summed E-state index contributed by atoms with van der Waals surface area (Å²) in [7, 11) is 0. The lowest BCUT2D eigenvalue weighted by Gasteiger charge is -2.31. The van der Waals surface area contributed by atoms with Crippen molar-refractivity contribution in [1.82, 2.24) is 4.90 Å². The van der Waals surface area contributed by atoms with E-state index in [1.807, 2.05) is 6.07 Å². The Balaban J connectivity index is 0.00000225. The minimum atomic E-state index is -0.252. The third kappa shape index (κ3) is 5.94. The van der Waals surface area contributed by atoms with Gasteiger partial charge in [-0.25, -0.2) is 4.39 Å². The zero-order valence-corrected chi connectivity index (χ0v) is 15.2. The molecular weight excluding hydrogens is 337 g/mol. The van der Waals surface area contributed by atoms with E-state index in [-0.39, 0.29) is 24.1 Å². The fourth-order valence-electron chi connectivity index (χ4n) is 3.36. The lowest BCUT2D eigenvalue weighted by Crippen LogP contribution is -2.37. The number of hydrogen-bond acceptors (Lipinski definition) is 2. The minimum Gasteiger partial charge on any atom is -0.303 e. The molecule has 1 fully saturated rings. The number of carbonyl (C=O) groups is 1. The highest BCUT2D eigenvalue weighted by molar-refractivity contribution is 5.85. The maximum atomic E-state index is 12.9. The quantitative estimate of drug-likeness (QED) is 0.764. The predicted octanol–water partition coefficient (Wildman–Crippen LogP) is 4.31. The van der Waals surface area contributed by atoms with Crippen molar-refractivity contribution in [1.29, 1.82) is 0 Å². The summed E-state index contributed by atoms with van der Waals surface area (Å²) in [5.41, 5.74) is 2.28. The molecule has 25 heavy (non-hydrogen) atoms. The Bertz CT molecular complexity index is 651. The van der Waals surface area contributed by atoms with Gasteiger partial charge < -0.3 is 4.90 Å². The topological polar surface area (TPSA) is 20.3 Å². The first-order valence-corrected chi connectivity index (χ1v) is 8.74. The second kappa shape index (κ2) is 9.69. The first kappa shape index (κ1) is 19.6. The van der Waals surface area contributed by atoms with Crippen LogP contribution in [0, 0.1) is 11.7 Å². The molecule has 0 bridgehead atoms. The first-order chi connectivity index (χ1) is 11.7. The van der Waals surface area contributed by atoms with Crippen molar-refractivity contribution in [2.45, 2.75) is 25.7 Å². The van der Waals surface area contributed by atoms with Crippen LogP contribution in [0.4, 0.5) is 4.39 Å². The van der Waals surface area contributed by atoms with Crippen LogP contribution in [0.25, 0.3) is 0 Å². The average molecular weight is 362 g/mol. The van der Waals surface area contributed by atoms with Gasteiger partial charge in [0.05, 0.1) is 0 Å². The van der Waals surface area contributed by atoms with Crippen molar-refractivity contribution in [3.63, 3.8) is 0 Å². The van der Waals surface area contributed by atoms with Gasteiger partial charge in [-0.3, -0.25) is 4.79 Å². The maximum Gasteiger partial charge on any atom is 0.140 e. The molecule has 1 aliphatic rings. The van der Waals surface area contributed by atoms with Crippen LogP contribution in [0.5, 0.6) is 0 Å². The number of Topliss-reactive ketones (excluding diaryl/α,β-unsaturated/α-hetero) is 1. The molecule has 0 spiro atoms. The molecular formula is C21H25ClFNO. The molecule has 0 aromatic heterocycles. The van der Waals surface area contributed by atoms with E-state index in [0.717, 1.165) is 44.5 Å². The van der Waals surface area contributed by atoms with Crippen molar-refractivity contribution in [2.75, 3.05) is 19.6 Å². The number of nitrogens with zero attached hydrogens (tertiary/aromatic N) is 1. The number of benzene rings is 2. The van der Waals surface area contributed by atoms with Gasteiger partial charge >= 0.3 is 0 Å². The summed E-state index contributed by atoms with van der Waals surface area (Å²) in [5, 5.41) is 0. The molecule has 0 aliphatic carbocycles. The van der Waals surface area contributed by atoms with E-state index in [1.165, 1.54) is 17.7 Å². The molecule has 134 valence electrons. The molecule has 0 amide bonds. The van der Waals surface area contributed by atoms with Crippen LogP contribution in [0.15, 0.2) is 54.6 Å². The molecule has 2 aromatic carbocycles. The van der Waals surface area contributed by atoms with Gasteiger partial charge in [0.15, 0.2) is 0 Å². The van der Waals surface area contributed by atoms with Crippen LogP contribution in [0.2, 0.25) is 0 Å². The van der Waals surface area contributed by atoms with Gasteiger partial charge in [0.25, 0.3) is 0 Å². The van der Waals surface area contributed by atoms with Crippen LogP contribution >= 0.6 is 12.4 Å². The number of hydrogen-bond donors (Lipinski definition) is 0. The molecule has 1 aliphatic heterocycles. The first-order valence-electron chi connectivity index (χ1n) is 8.74. The Morgan fingerprint density at radius 2 is 1.60 bits per heavy atom. The third-order valence-corrected chi connectivity index (χ3v) is 4.89. The van der Waals surface area contributed by atoms with Crippen molar-refractivity contribution < 1.29 is 9.18 Å². The van der Waals surface area contributed by atoms with E-state index in [9.17, 15) is 9.18 Å². The molecule has 0 unspecified atom stereocenters. The smallest absolute Gasteiger partial charge is 0.140 e. The summed E-state index contributed by atoms with van der Waals surface area (Å²) in [6, 6.07) is 16.8. The fraction of sp³-hybridized carbons (Fsp3) is 0.381. The van der Waals surface area contributed by atoms with Crippen LogP contribution < -0.4 is 0 Å².